The van der Waals surface area contributed by atoms with E-state index in [-0.39, 0.29) is 16.7 Å². The summed E-state index contributed by atoms with van der Waals surface area (Å²) < 4.78 is 1.57. The second-order valence-electron chi connectivity index (χ2n) is 7.81. The molecule has 32 heavy (non-hydrogen) atoms. The van der Waals surface area contributed by atoms with Gasteiger partial charge in [0.2, 0.25) is 5.91 Å². The number of pyridine rings is 1. The van der Waals surface area contributed by atoms with Gasteiger partial charge in [0.1, 0.15) is 0 Å². The van der Waals surface area contributed by atoms with Gasteiger partial charge in [-0.25, -0.2) is 4.98 Å². The lowest BCUT2D eigenvalue weighted by atomic mass is 10.1. The van der Waals surface area contributed by atoms with Crippen molar-refractivity contribution in [2.75, 3.05) is 0 Å². The molecule has 0 radical (unpaired) electrons. The van der Waals surface area contributed by atoms with Crippen molar-refractivity contribution >= 4 is 17.7 Å². The molecule has 1 amide bonds. The van der Waals surface area contributed by atoms with Gasteiger partial charge in [-0.2, -0.15) is 0 Å². The van der Waals surface area contributed by atoms with Crippen LogP contribution in [-0.4, -0.2) is 25.7 Å². The lowest BCUT2D eigenvalue weighted by Crippen LogP contribution is -2.33. The number of hydrogen-bond donors (Lipinski definition) is 1. The molecule has 168 valence electrons. The van der Waals surface area contributed by atoms with Gasteiger partial charge in [-0.15, -0.1) is 0 Å². The molecule has 0 fully saturated rings. The van der Waals surface area contributed by atoms with Crippen LogP contribution in [0.5, 0.6) is 0 Å². The number of aryl methyl sites for hydroxylation is 1. The Bertz CT molecular complexity index is 1080. The van der Waals surface area contributed by atoms with Crippen molar-refractivity contribution in [2.45, 2.75) is 56.5 Å². The molecule has 2 heterocycles. The number of aromatic nitrogens is 3. The highest BCUT2D eigenvalue weighted by atomic mass is 32.2. The second-order valence-corrected chi connectivity index (χ2v) is 8.98. The van der Waals surface area contributed by atoms with Crippen molar-refractivity contribution in [3.8, 4) is 0 Å². The molecule has 1 aromatic carbocycles. The maximum atomic E-state index is 13.1. The number of carbonyl (C=O) groups excluding carboxylic acids is 1. The number of amides is 1. The van der Waals surface area contributed by atoms with E-state index in [0.29, 0.717) is 29.4 Å². The molecule has 1 atom stereocenters. The van der Waals surface area contributed by atoms with Crippen molar-refractivity contribution in [3.05, 3.63) is 87.6 Å². The summed E-state index contributed by atoms with van der Waals surface area (Å²) >= 11 is 1.37. The Hall–Kier alpha value is -2.93. The molecule has 0 saturated heterocycles. The van der Waals surface area contributed by atoms with E-state index in [1.54, 1.807) is 24.0 Å². The van der Waals surface area contributed by atoms with Gasteiger partial charge >= 0.3 is 0 Å². The number of unbranched alkanes of at least 4 members (excludes halogenated alkanes) is 1. The maximum absolute atomic E-state index is 13.1. The number of thioether (sulfide) groups is 1. The largest absolute Gasteiger partial charge is 0.351 e. The number of carbonyl (C=O) groups is 1. The Morgan fingerprint density at radius 1 is 1.16 bits per heavy atom. The van der Waals surface area contributed by atoms with Gasteiger partial charge in [-0.05, 0) is 30.5 Å². The summed E-state index contributed by atoms with van der Waals surface area (Å²) in [5.74, 6) is -0.0485. The van der Waals surface area contributed by atoms with Gasteiger partial charge in [0, 0.05) is 43.7 Å². The standard InChI is InChI=1S/C25H30N4O2S/c1-4-5-13-22(23(30)27-17-20-12-9-14-26-16-20)32-25-28-18(2)21(24(31)29(25)3)15-19-10-7-6-8-11-19/h6-12,14,16,22H,4-5,13,15,17H2,1-3H3,(H,27,30). The van der Waals surface area contributed by atoms with Gasteiger partial charge in [0.05, 0.1) is 5.25 Å². The first-order valence-corrected chi connectivity index (χ1v) is 11.8. The van der Waals surface area contributed by atoms with Crippen molar-refractivity contribution in [3.63, 3.8) is 0 Å². The average Bonchev–Trinajstić information content (AvgIpc) is 2.82. The van der Waals surface area contributed by atoms with E-state index in [2.05, 4.69) is 17.2 Å². The van der Waals surface area contributed by atoms with E-state index in [9.17, 15) is 9.59 Å². The van der Waals surface area contributed by atoms with Gasteiger partial charge < -0.3 is 5.32 Å². The predicted molar refractivity (Wildman–Crippen MR) is 129 cm³/mol. The molecule has 0 saturated carbocycles. The molecule has 1 unspecified atom stereocenters. The zero-order valence-electron chi connectivity index (χ0n) is 18.9. The Balaban J connectivity index is 1.77. The maximum Gasteiger partial charge on any atom is 0.257 e. The summed E-state index contributed by atoms with van der Waals surface area (Å²) in [6.07, 6.45) is 6.64. The lowest BCUT2D eigenvalue weighted by molar-refractivity contribution is -0.120. The second kappa shape index (κ2) is 11.6. The molecule has 3 rings (SSSR count). The monoisotopic (exact) mass is 450 g/mol. The zero-order valence-corrected chi connectivity index (χ0v) is 19.7. The minimum atomic E-state index is -0.316. The summed E-state index contributed by atoms with van der Waals surface area (Å²) in [5.41, 5.74) is 3.37. The number of nitrogens with zero attached hydrogens (tertiary/aromatic N) is 3. The molecule has 1 N–H and O–H groups in total. The molecule has 2 aromatic heterocycles. The molecule has 3 aromatic rings. The SMILES string of the molecule is CCCCC(Sc1nc(C)c(Cc2ccccc2)c(=O)n1C)C(=O)NCc1cccnc1. The van der Waals surface area contributed by atoms with E-state index in [4.69, 9.17) is 4.98 Å². The van der Waals surface area contributed by atoms with Crippen molar-refractivity contribution in [1.29, 1.82) is 0 Å². The third kappa shape index (κ3) is 6.29. The van der Waals surface area contributed by atoms with E-state index in [1.807, 2.05) is 49.4 Å². The zero-order chi connectivity index (χ0) is 22.9. The smallest absolute Gasteiger partial charge is 0.257 e. The summed E-state index contributed by atoms with van der Waals surface area (Å²) in [6.45, 7) is 4.40. The highest BCUT2D eigenvalue weighted by Crippen LogP contribution is 2.25. The normalized spacial score (nSPS) is 11.8. The third-order valence-electron chi connectivity index (χ3n) is 5.32. The fourth-order valence-corrected chi connectivity index (χ4v) is 4.56. The fraction of sp³-hybridized carbons (Fsp3) is 0.360. The van der Waals surface area contributed by atoms with Crippen LogP contribution < -0.4 is 10.9 Å². The first kappa shape index (κ1) is 23.7. The van der Waals surface area contributed by atoms with E-state index in [0.717, 1.165) is 30.4 Å². The minimum absolute atomic E-state index is 0.0485. The molecule has 7 heteroatoms. The highest BCUT2D eigenvalue weighted by Gasteiger charge is 2.23. The average molecular weight is 451 g/mol. The molecule has 6 nitrogen and oxygen atoms in total. The highest BCUT2D eigenvalue weighted by molar-refractivity contribution is 8.00. The van der Waals surface area contributed by atoms with Crippen LogP contribution >= 0.6 is 11.8 Å². The van der Waals surface area contributed by atoms with Gasteiger partial charge in [-0.1, -0.05) is 67.9 Å². The summed E-state index contributed by atoms with van der Waals surface area (Å²) in [5, 5.41) is 3.26. The molecule has 0 aliphatic heterocycles. The predicted octanol–water partition coefficient (Wildman–Crippen LogP) is 4.04. The van der Waals surface area contributed by atoms with E-state index < -0.39 is 0 Å². The van der Waals surface area contributed by atoms with E-state index in [1.165, 1.54) is 11.8 Å². The first-order chi connectivity index (χ1) is 15.5. The molecular formula is C25H30N4O2S. The molecule has 0 aliphatic rings. The molecule has 0 bridgehead atoms. The number of hydrogen-bond acceptors (Lipinski definition) is 5. The van der Waals surface area contributed by atoms with Crippen LogP contribution in [0.1, 0.15) is 48.6 Å². The molecule has 0 aliphatic carbocycles. The van der Waals surface area contributed by atoms with Crippen LogP contribution in [0.3, 0.4) is 0 Å². The topological polar surface area (TPSA) is 76.9 Å². The van der Waals surface area contributed by atoms with Crippen LogP contribution in [0.2, 0.25) is 0 Å². The van der Waals surface area contributed by atoms with Crippen LogP contribution in [0.15, 0.2) is 64.8 Å². The van der Waals surface area contributed by atoms with Crippen LogP contribution in [0.25, 0.3) is 0 Å². The van der Waals surface area contributed by atoms with Gasteiger partial charge in [-0.3, -0.25) is 19.1 Å². The van der Waals surface area contributed by atoms with Crippen LogP contribution in [-0.2, 0) is 24.8 Å². The Morgan fingerprint density at radius 3 is 2.59 bits per heavy atom. The quantitative estimate of drug-likeness (QED) is 0.373. The van der Waals surface area contributed by atoms with Crippen molar-refractivity contribution in [2.24, 2.45) is 7.05 Å². The Morgan fingerprint density at radius 2 is 1.91 bits per heavy atom. The van der Waals surface area contributed by atoms with E-state index >= 15 is 0 Å². The molecular weight excluding hydrogens is 420 g/mol. The Labute approximate surface area is 193 Å². The fourth-order valence-electron chi connectivity index (χ4n) is 3.40. The number of rotatable bonds is 10. The van der Waals surface area contributed by atoms with Crippen LogP contribution in [0, 0.1) is 6.92 Å². The minimum Gasteiger partial charge on any atom is -0.351 e. The molecule has 0 spiro atoms. The van der Waals surface area contributed by atoms with Crippen molar-refractivity contribution < 1.29 is 4.79 Å². The number of nitrogens with one attached hydrogen (secondary N) is 1. The lowest BCUT2D eigenvalue weighted by Gasteiger charge is -2.18. The van der Waals surface area contributed by atoms with Crippen molar-refractivity contribution in [1.82, 2.24) is 19.9 Å². The summed E-state index contributed by atoms with van der Waals surface area (Å²) in [6, 6.07) is 13.7. The van der Waals surface area contributed by atoms with Gasteiger partial charge in [0.15, 0.2) is 5.16 Å². The van der Waals surface area contributed by atoms with Gasteiger partial charge in [0.25, 0.3) is 5.56 Å². The van der Waals surface area contributed by atoms with Crippen LogP contribution in [0.4, 0.5) is 0 Å². The summed E-state index contributed by atoms with van der Waals surface area (Å²) in [7, 11) is 1.73. The summed E-state index contributed by atoms with van der Waals surface area (Å²) in [4.78, 5) is 34.8. The first-order valence-electron chi connectivity index (χ1n) is 10.9. The third-order valence-corrected chi connectivity index (χ3v) is 6.63. The number of benzene rings is 1. The Kier molecular flexibility index (Phi) is 8.62.